The third kappa shape index (κ3) is 3.42. The lowest BCUT2D eigenvalue weighted by atomic mass is 10.1. The van der Waals surface area contributed by atoms with Crippen LogP contribution in [0.25, 0.3) is 10.1 Å². The fourth-order valence-corrected chi connectivity index (χ4v) is 5.99. The second-order valence-corrected chi connectivity index (χ2v) is 10.1. The summed E-state index contributed by atoms with van der Waals surface area (Å²) in [6, 6.07) is 2.27. The Labute approximate surface area is 142 Å². The SMILES string of the molecule is Cn1cc(Br)c2sc(CNC3CCS(O)(O)CC3)cc2c1=O. The van der Waals surface area contributed by atoms with Gasteiger partial charge in [0.1, 0.15) is 0 Å². The molecule has 0 aromatic carbocycles. The third-order valence-corrected chi connectivity index (χ3v) is 7.82. The average Bonchev–Trinajstić information content (AvgIpc) is 2.89. The molecule has 5 nitrogen and oxygen atoms in total. The molecular weight excluding hydrogens is 388 g/mol. The van der Waals surface area contributed by atoms with Gasteiger partial charge in [-0.25, -0.2) is 0 Å². The molecule has 0 aliphatic carbocycles. The van der Waals surface area contributed by atoms with E-state index in [1.807, 2.05) is 6.07 Å². The van der Waals surface area contributed by atoms with Crippen molar-refractivity contribution in [2.24, 2.45) is 7.05 Å². The molecule has 1 aliphatic heterocycles. The summed E-state index contributed by atoms with van der Waals surface area (Å²) in [5.74, 6) is 0.979. The van der Waals surface area contributed by atoms with E-state index in [-0.39, 0.29) is 5.56 Å². The number of pyridine rings is 1. The predicted octanol–water partition coefficient (Wildman–Crippen LogP) is 3.37. The highest BCUT2D eigenvalue weighted by molar-refractivity contribution is 9.10. The summed E-state index contributed by atoms with van der Waals surface area (Å²) >= 11 is 5.13. The Balaban J connectivity index is 1.72. The molecule has 0 radical (unpaired) electrons. The third-order valence-electron chi connectivity index (χ3n) is 4.01. The number of nitrogens with zero attached hydrogens (tertiary/aromatic N) is 1. The summed E-state index contributed by atoms with van der Waals surface area (Å²) in [4.78, 5) is 13.3. The summed E-state index contributed by atoms with van der Waals surface area (Å²) in [6.07, 6.45) is 3.38. The number of hydrogen-bond acceptors (Lipinski definition) is 5. The topological polar surface area (TPSA) is 74.5 Å². The molecule has 1 saturated heterocycles. The molecule has 3 heterocycles. The number of hydrogen-bond donors (Lipinski definition) is 3. The van der Waals surface area contributed by atoms with Crippen LogP contribution in [0.2, 0.25) is 0 Å². The first-order chi connectivity index (χ1) is 10.4. The summed E-state index contributed by atoms with van der Waals surface area (Å²) < 4.78 is 22.8. The van der Waals surface area contributed by atoms with Crippen LogP contribution in [0.5, 0.6) is 0 Å². The Morgan fingerprint density at radius 2 is 2.14 bits per heavy atom. The average molecular weight is 407 g/mol. The minimum Gasteiger partial charge on any atom is -0.317 e. The molecule has 0 unspecified atom stereocenters. The maximum atomic E-state index is 12.1. The highest BCUT2D eigenvalue weighted by Gasteiger charge is 2.23. The molecule has 1 aliphatic rings. The van der Waals surface area contributed by atoms with Crippen molar-refractivity contribution in [3.8, 4) is 0 Å². The van der Waals surface area contributed by atoms with Gasteiger partial charge in [-0.3, -0.25) is 13.9 Å². The van der Waals surface area contributed by atoms with E-state index < -0.39 is 10.6 Å². The number of fused-ring (bicyclic) bond motifs is 1. The van der Waals surface area contributed by atoms with Crippen LogP contribution in [0.4, 0.5) is 0 Å². The van der Waals surface area contributed by atoms with Crippen LogP contribution < -0.4 is 10.9 Å². The van der Waals surface area contributed by atoms with Crippen molar-refractivity contribution in [2.45, 2.75) is 25.4 Å². The van der Waals surface area contributed by atoms with E-state index in [9.17, 15) is 13.9 Å². The Bertz CT molecular complexity index is 746. The molecule has 3 N–H and O–H groups in total. The van der Waals surface area contributed by atoms with Crippen molar-refractivity contribution >= 4 is 47.9 Å². The van der Waals surface area contributed by atoms with E-state index in [0.29, 0.717) is 24.1 Å². The standard InChI is InChI=1S/C14H19BrN2O3S2/c1-17-8-12(15)13-11(14(17)18)6-10(21-13)7-16-9-2-4-22(19,20)5-3-9/h6,8-9,16,19-20H,2-5,7H2,1H3. The quantitative estimate of drug-likeness (QED) is 0.730. The highest BCUT2D eigenvalue weighted by Crippen LogP contribution is 2.43. The van der Waals surface area contributed by atoms with Gasteiger partial charge in [-0.2, -0.15) is 10.6 Å². The molecule has 122 valence electrons. The molecule has 0 saturated carbocycles. The van der Waals surface area contributed by atoms with Gasteiger partial charge in [0.25, 0.3) is 5.56 Å². The molecule has 2 aromatic heterocycles. The number of thiophene rings is 1. The van der Waals surface area contributed by atoms with Gasteiger partial charge >= 0.3 is 0 Å². The number of aryl methyl sites for hydroxylation is 1. The highest BCUT2D eigenvalue weighted by atomic mass is 79.9. The van der Waals surface area contributed by atoms with Gasteiger partial charge in [0.15, 0.2) is 0 Å². The van der Waals surface area contributed by atoms with Crippen molar-refractivity contribution in [1.82, 2.24) is 9.88 Å². The van der Waals surface area contributed by atoms with Gasteiger partial charge in [0.2, 0.25) is 0 Å². The molecule has 0 spiro atoms. The Morgan fingerprint density at radius 1 is 1.45 bits per heavy atom. The summed E-state index contributed by atoms with van der Waals surface area (Å²) in [7, 11) is -0.570. The van der Waals surface area contributed by atoms with Gasteiger partial charge in [-0.1, -0.05) is 0 Å². The van der Waals surface area contributed by atoms with Crippen molar-refractivity contribution in [1.29, 1.82) is 0 Å². The van der Waals surface area contributed by atoms with Crippen LogP contribution in [0, 0.1) is 0 Å². The molecule has 0 atom stereocenters. The van der Waals surface area contributed by atoms with E-state index in [2.05, 4.69) is 21.2 Å². The van der Waals surface area contributed by atoms with Crippen LogP contribution in [0.1, 0.15) is 17.7 Å². The number of halogens is 1. The first-order valence-corrected chi connectivity index (χ1v) is 10.6. The van der Waals surface area contributed by atoms with Crippen LogP contribution in [0.3, 0.4) is 0 Å². The van der Waals surface area contributed by atoms with E-state index in [1.165, 1.54) is 0 Å². The predicted molar refractivity (Wildman–Crippen MR) is 97.2 cm³/mol. The van der Waals surface area contributed by atoms with E-state index >= 15 is 0 Å². The van der Waals surface area contributed by atoms with Crippen LogP contribution in [0.15, 0.2) is 21.5 Å². The van der Waals surface area contributed by atoms with Gasteiger partial charge in [0, 0.05) is 42.2 Å². The molecule has 1 fully saturated rings. The van der Waals surface area contributed by atoms with Gasteiger partial charge < -0.3 is 9.88 Å². The first-order valence-electron chi connectivity index (χ1n) is 7.10. The maximum absolute atomic E-state index is 12.1. The second kappa shape index (κ2) is 6.26. The largest absolute Gasteiger partial charge is 0.317 e. The fraction of sp³-hybridized carbons (Fsp3) is 0.500. The Hall–Kier alpha value is -0.380. The number of rotatable bonds is 3. The van der Waals surface area contributed by atoms with Crippen LogP contribution in [-0.4, -0.2) is 31.2 Å². The Morgan fingerprint density at radius 3 is 2.82 bits per heavy atom. The van der Waals surface area contributed by atoms with Gasteiger partial charge in [0.05, 0.1) is 14.6 Å². The van der Waals surface area contributed by atoms with Crippen molar-refractivity contribution in [2.75, 3.05) is 11.5 Å². The molecule has 8 heteroatoms. The lowest BCUT2D eigenvalue weighted by Crippen LogP contribution is -2.35. The number of aromatic nitrogens is 1. The summed E-state index contributed by atoms with van der Waals surface area (Å²) in [6.45, 7) is 0.707. The van der Waals surface area contributed by atoms with E-state index in [4.69, 9.17) is 0 Å². The zero-order chi connectivity index (χ0) is 15.9. The molecule has 0 bridgehead atoms. The zero-order valence-electron chi connectivity index (χ0n) is 12.2. The van der Waals surface area contributed by atoms with E-state index in [0.717, 1.165) is 32.3 Å². The summed E-state index contributed by atoms with van der Waals surface area (Å²) in [5.41, 5.74) is 0.0207. The van der Waals surface area contributed by atoms with Gasteiger partial charge in [-0.15, -0.1) is 11.3 Å². The van der Waals surface area contributed by atoms with Crippen LogP contribution in [-0.2, 0) is 13.6 Å². The maximum Gasteiger partial charge on any atom is 0.259 e. The van der Waals surface area contributed by atoms with Gasteiger partial charge in [-0.05, 0) is 34.8 Å². The molecule has 0 amide bonds. The minimum atomic E-state index is -2.32. The fourth-order valence-electron chi connectivity index (χ4n) is 2.70. The molecule has 3 rings (SSSR count). The minimum absolute atomic E-state index is 0.0207. The second-order valence-electron chi connectivity index (χ2n) is 5.71. The normalized spacial score (nSPS) is 20.4. The summed E-state index contributed by atoms with van der Waals surface area (Å²) in [5, 5.41) is 4.21. The number of nitrogens with one attached hydrogen (secondary N) is 1. The van der Waals surface area contributed by atoms with Crippen molar-refractivity contribution in [3.05, 3.63) is 32.0 Å². The Kier molecular flexibility index (Phi) is 4.69. The van der Waals surface area contributed by atoms with Crippen molar-refractivity contribution < 1.29 is 9.11 Å². The monoisotopic (exact) mass is 406 g/mol. The van der Waals surface area contributed by atoms with Crippen molar-refractivity contribution in [3.63, 3.8) is 0 Å². The van der Waals surface area contributed by atoms with E-state index in [1.54, 1.807) is 29.1 Å². The lowest BCUT2D eigenvalue weighted by Gasteiger charge is -2.39. The lowest BCUT2D eigenvalue weighted by molar-refractivity contribution is 0.422. The zero-order valence-corrected chi connectivity index (χ0v) is 15.4. The molecular formula is C14H19BrN2O3S2. The molecule has 22 heavy (non-hydrogen) atoms. The van der Waals surface area contributed by atoms with Crippen LogP contribution >= 0.6 is 37.9 Å². The molecule has 2 aromatic rings. The smallest absolute Gasteiger partial charge is 0.259 e. The first kappa shape index (κ1) is 16.5.